The van der Waals surface area contributed by atoms with Crippen molar-refractivity contribution in [1.29, 1.82) is 0 Å². The molecular weight excluding hydrogens is 312 g/mol. The second-order valence-electron chi connectivity index (χ2n) is 7.82. The summed E-state index contributed by atoms with van der Waals surface area (Å²) in [6.45, 7) is 4.54. The molecule has 1 N–H and O–H groups in total. The van der Waals surface area contributed by atoms with Crippen molar-refractivity contribution in [2.45, 2.75) is 76.9 Å². The van der Waals surface area contributed by atoms with E-state index in [1.54, 1.807) is 0 Å². The summed E-state index contributed by atoms with van der Waals surface area (Å²) < 4.78 is 2.37. The summed E-state index contributed by atoms with van der Waals surface area (Å²) in [6, 6.07) is 0.608. The molecule has 1 aromatic rings. The number of carbonyl (C=O) groups excluding carboxylic acids is 1. The molecule has 0 unspecified atom stereocenters. The zero-order chi connectivity index (χ0) is 17.2. The number of fused-ring (bicyclic) bond motifs is 1. The first-order chi connectivity index (χ1) is 12.2. The van der Waals surface area contributed by atoms with Gasteiger partial charge >= 0.3 is 0 Å². The molecule has 1 saturated carbocycles. The minimum Gasteiger partial charge on any atom is -0.354 e. The molecule has 1 fully saturated rings. The van der Waals surface area contributed by atoms with Gasteiger partial charge in [0.1, 0.15) is 0 Å². The van der Waals surface area contributed by atoms with Crippen molar-refractivity contribution in [1.82, 2.24) is 19.8 Å². The van der Waals surface area contributed by atoms with E-state index in [2.05, 4.69) is 25.8 Å². The van der Waals surface area contributed by atoms with Gasteiger partial charge in [0.2, 0.25) is 5.91 Å². The Labute approximate surface area is 150 Å². The van der Waals surface area contributed by atoms with Crippen LogP contribution in [0.15, 0.2) is 18.0 Å². The largest absolute Gasteiger partial charge is 0.354 e. The predicted octanol–water partition coefficient (Wildman–Crippen LogP) is 2.97. The number of nitrogens with one attached hydrogen (secondary N) is 1. The fourth-order valence-corrected chi connectivity index (χ4v) is 4.14. The standard InChI is InChI=1S/C20H30N4O/c1-15(20(25)21-11-9-16-5-3-2-4-6-16)23-12-10-19-18(13-23)22-14-24(19)17-7-8-17/h5,14-15,17H,2-4,6-13H2,1H3,(H,21,25)/t15-/m0/s1. The number of imidazole rings is 1. The molecular formula is C20H30N4O. The molecule has 0 radical (unpaired) electrons. The quantitative estimate of drug-likeness (QED) is 0.809. The van der Waals surface area contributed by atoms with E-state index in [4.69, 9.17) is 0 Å². The van der Waals surface area contributed by atoms with Crippen LogP contribution in [0.3, 0.4) is 0 Å². The molecule has 1 aliphatic heterocycles. The maximum atomic E-state index is 12.5. The summed E-state index contributed by atoms with van der Waals surface area (Å²) in [5.74, 6) is 0.154. The minimum absolute atomic E-state index is 0.0837. The van der Waals surface area contributed by atoms with Crippen LogP contribution in [0, 0.1) is 0 Å². The summed E-state index contributed by atoms with van der Waals surface area (Å²) in [4.78, 5) is 19.4. The van der Waals surface area contributed by atoms with Crippen molar-refractivity contribution in [3.8, 4) is 0 Å². The number of aromatic nitrogens is 2. The highest BCUT2D eigenvalue weighted by Crippen LogP contribution is 2.37. The molecule has 0 spiro atoms. The van der Waals surface area contributed by atoms with E-state index in [1.807, 2.05) is 13.3 Å². The summed E-state index contributed by atoms with van der Waals surface area (Å²) in [6.07, 6.45) is 14.0. The van der Waals surface area contributed by atoms with Gasteiger partial charge in [0.15, 0.2) is 0 Å². The average molecular weight is 342 g/mol. The highest BCUT2D eigenvalue weighted by atomic mass is 16.2. The fourth-order valence-electron chi connectivity index (χ4n) is 4.14. The molecule has 1 aromatic heterocycles. The number of hydrogen-bond donors (Lipinski definition) is 1. The van der Waals surface area contributed by atoms with Crippen molar-refractivity contribution < 1.29 is 4.79 Å². The molecule has 3 aliphatic rings. The van der Waals surface area contributed by atoms with Gasteiger partial charge < -0.3 is 9.88 Å². The molecule has 0 aromatic carbocycles. The van der Waals surface area contributed by atoms with Gasteiger partial charge in [0, 0.05) is 37.8 Å². The Kier molecular flexibility index (Phi) is 4.93. The van der Waals surface area contributed by atoms with Gasteiger partial charge in [-0.1, -0.05) is 11.6 Å². The third-order valence-corrected chi connectivity index (χ3v) is 5.97. The van der Waals surface area contributed by atoms with E-state index < -0.39 is 0 Å². The molecule has 5 nitrogen and oxygen atoms in total. The first kappa shape index (κ1) is 16.8. The van der Waals surface area contributed by atoms with Crippen molar-refractivity contribution in [2.24, 2.45) is 0 Å². The van der Waals surface area contributed by atoms with Gasteiger partial charge in [-0.2, -0.15) is 0 Å². The predicted molar refractivity (Wildman–Crippen MR) is 98.3 cm³/mol. The molecule has 0 saturated heterocycles. The third kappa shape index (κ3) is 3.81. The summed E-state index contributed by atoms with van der Waals surface area (Å²) in [5, 5.41) is 3.14. The van der Waals surface area contributed by atoms with Gasteiger partial charge in [-0.15, -0.1) is 0 Å². The van der Waals surface area contributed by atoms with Crippen LogP contribution in [0.5, 0.6) is 0 Å². The van der Waals surface area contributed by atoms with Crippen LogP contribution in [-0.4, -0.2) is 39.5 Å². The molecule has 0 bridgehead atoms. The van der Waals surface area contributed by atoms with Crippen LogP contribution >= 0.6 is 0 Å². The maximum absolute atomic E-state index is 12.5. The minimum atomic E-state index is -0.0837. The van der Waals surface area contributed by atoms with Gasteiger partial charge in [-0.05, 0) is 51.9 Å². The molecule has 5 heteroatoms. The Bertz CT molecular complexity index is 659. The molecule has 25 heavy (non-hydrogen) atoms. The van der Waals surface area contributed by atoms with Crippen molar-refractivity contribution >= 4 is 5.91 Å². The summed E-state index contributed by atoms with van der Waals surface area (Å²) >= 11 is 0. The van der Waals surface area contributed by atoms with Crippen LogP contribution < -0.4 is 5.32 Å². The van der Waals surface area contributed by atoms with Gasteiger partial charge in [-0.3, -0.25) is 9.69 Å². The Morgan fingerprint density at radius 1 is 1.36 bits per heavy atom. The first-order valence-corrected chi connectivity index (χ1v) is 9.96. The number of nitrogens with zero attached hydrogens (tertiary/aromatic N) is 3. The van der Waals surface area contributed by atoms with Gasteiger partial charge in [0.25, 0.3) is 0 Å². The number of rotatable bonds is 6. The van der Waals surface area contributed by atoms with E-state index in [-0.39, 0.29) is 11.9 Å². The second-order valence-corrected chi connectivity index (χ2v) is 7.82. The lowest BCUT2D eigenvalue weighted by Gasteiger charge is -2.31. The topological polar surface area (TPSA) is 50.2 Å². The number of hydrogen-bond acceptors (Lipinski definition) is 3. The lowest BCUT2D eigenvalue weighted by molar-refractivity contribution is -0.126. The van der Waals surface area contributed by atoms with Crippen LogP contribution in [0.25, 0.3) is 0 Å². The van der Waals surface area contributed by atoms with Crippen molar-refractivity contribution in [2.75, 3.05) is 13.1 Å². The van der Waals surface area contributed by atoms with Crippen LogP contribution in [0.4, 0.5) is 0 Å². The van der Waals surface area contributed by atoms with Gasteiger partial charge in [0.05, 0.1) is 18.1 Å². The Balaban J connectivity index is 1.27. The summed E-state index contributed by atoms with van der Waals surface area (Å²) in [7, 11) is 0. The Morgan fingerprint density at radius 2 is 2.24 bits per heavy atom. The highest BCUT2D eigenvalue weighted by molar-refractivity contribution is 5.81. The molecule has 2 aliphatic carbocycles. The van der Waals surface area contributed by atoms with E-state index >= 15 is 0 Å². The fraction of sp³-hybridized carbons (Fsp3) is 0.700. The molecule has 1 amide bonds. The van der Waals surface area contributed by atoms with Crippen molar-refractivity contribution in [3.05, 3.63) is 29.4 Å². The third-order valence-electron chi connectivity index (χ3n) is 5.97. The zero-order valence-corrected chi connectivity index (χ0v) is 15.3. The zero-order valence-electron chi connectivity index (χ0n) is 15.3. The monoisotopic (exact) mass is 342 g/mol. The van der Waals surface area contributed by atoms with Crippen molar-refractivity contribution in [3.63, 3.8) is 0 Å². The Morgan fingerprint density at radius 3 is 3.00 bits per heavy atom. The molecule has 2 heterocycles. The smallest absolute Gasteiger partial charge is 0.237 e. The van der Waals surface area contributed by atoms with Crippen LogP contribution in [-0.2, 0) is 17.8 Å². The molecule has 136 valence electrons. The number of carbonyl (C=O) groups is 1. The molecule has 1 atom stereocenters. The van der Waals surface area contributed by atoms with Crippen LogP contribution in [0.2, 0.25) is 0 Å². The van der Waals surface area contributed by atoms with Gasteiger partial charge in [-0.25, -0.2) is 4.98 Å². The Hall–Kier alpha value is -1.62. The maximum Gasteiger partial charge on any atom is 0.237 e. The number of allylic oxidation sites excluding steroid dienone is 1. The molecule has 4 rings (SSSR count). The SMILES string of the molecule is C[C@@H](C(=O)NCCC1=CCCCC1)N1CCc2c(ncn2C2CC2)C1. The first-order valence-electron chi connectivity index (χ1n) is 9.96. The van der Waals surface area contributed by atoms with E-state index in [0.717, 1.165) is 32.5 Å². The van der Waals surface area contributed by atoms with E-state index in [1.165, 1.54) is 55.5 Å². The van der Waals surface area contributed by atoms with E-state index in [0.29, 0.717) is 6.04 Å². The highest BCUT2D eigenvalue weighted by Gasteiger charge is 2.31. The second kappa shape index (κ2) is 7.32. The summed E-state index contributed by atoms with van der Waals surface area (Å²) in [5.41, 5.74) is 4.09. The average Bonchev–Trinajstić information content (AvgIpc) is 3.40. The van der Waals surface area contributed by atoms with E-state index in [9.17, 15) is 4.79 Å². The lowest BCUT2D eigenvalue weighted by atomic mass is 9.97. The normalized spacial score (nSPS) is 22.2. The van der Waals surface area contributed by atoms with Crippen LogP contribution in [0.1, 0.15) is 69.3 Å². The lowest BCUT2D eigenvalue weighted by Crippen LogP contribution is -2.47. The number of amides is 1.